The standard InChI is InChI=1S/C16H26N2O/c1-6-9-18(10-7-2)13-15-14(8-11-19-15)12-17-16(3,4)5/h6-8,11,17H,1-2,9-10,12-13H2,3-5H3. The zero-order valence-corrected chi connectivity index (χ0v) is 12.4. The van der Waals surface area contributed by atoms with Gasteiger partial charge in [0.2, 0.25) is 0 Å². The predicted molar refractivity (Wildman–Crippen MR) is 81.0 cm³/mol. The van der Waals surface area contributed by atoms with Gasteiger partial charge in [0.15, 0.2) is 0 Å². The summed E-state index contributed by atoms with van der Waals surface area (Å²) in [6.45, 7) is 17.3. The molecule has 1 aromatic rings. The molecule has 1 heterocycles. The van der Waals surface area contributed by atoms with Crippen LogP contribution in [0.15, 0.2) is 42.1 Å². The van der Waals surface area contributed by atoms with Crippen molar-refractivity contribution in [3.8, 4) is 0 Å². The van der Waals surface area contributed by atoms with Gasteiger partial charge in [0.1, 0.15) is 5.76 Å². The van der Waals surface area contributed by atoms with Crippen molar-refractivity contribution in [3.05, 3.63) is 49.0 Å². The van der Waals surface area contributed by atoms with Gasteiger partial charge in [-0.2, -0.15) is 0 Å². The summed E-state index contributed by atoms with van der Waals surface area (Å²) in [6.07, 6.45) is 5.56. The summed E-state index contributed by atoms with van der Waals surface area (Å²) in [7, 11) is 0. The fourth-order valence-corrected chi connectivity index (χ4v) is 1.80. The lowest BCUT2D eigenvalue weighted by atomic mass is 10.1. The van der Waals surface area contributed by atoms with Crippen LogP contribution >= 0.6 is 0 Å². The van der Waals surface area contributed by atoms with Crippen molar-refractivity contribution in [1.29, 1.82) is 0 Å². The van der Waals surface area contributed by atoms with Crippen molar-refractivity contribution >= 4 is 0 Å². The zero-order chi connectivity index (χ0) is 14.3. The van der Waals surface area contributed by atoms with E-state index < -0.39 is 0 Å². The van der Waals surface area contributed by atoms with Gasteiger partial charge in [-0.15, -0.1) is 13.2 Å². The fraction of sp³-hybridized carbons (Fsp3) is 0.500. The van der Waals surface area contributed by atoms with E-state index in [1.165, 1.54) is 5.56 Å². The van der Waals surface area contributed by atoms with Crippen molar-refractivity contribution < 1.29 is 4.42 Å². The van der Waals surface area contributed by atoms with Gasteiger partial charge in [0.05, 0.1) is 12.8 Å². The van der Waals surface area contributed by atoms with Crippen LogP contribution in [0.5, 0.6) is 0 Å². The fourth-order valence-electron chi connectivity index (χ4n) is 1.80. The second-order valence-electron chi connectivity index (χ2n) is 5.74. The molecule has 3 nitrogen and oxygen atoms in total. The molecule has 0 bridgehead atoms. The highest BCUT2D eigenvalue weighted by Crippen LogP contribution is 2.14. The largest absolute Gasteiger partial charge is 0.468 e. The molecule has 0 saturated heterocycles. The number of rotatable bonds is 8. The molecular formula is C16H26N2O. The lowest BCUT2D eigenvalue weighted by molar-refractivity contribution is 0.291. The number of hydrogen-bond donors (Lipinski definition) is 1. The minimum absolute atomic E-state index is 0.108. The summed E-state index contributed by atoms with van der Waals surface area (Å²) in [6, 6.07) is 2.04. The van der Waals surface area contributed by atoms with Crippen LogP contribution in [0.1, 0.15) is 32.1 Å². The van der Waals surface area contributed by atoms with E-state index >= 15 is 0 Å². The van der Waals surface area contributed by atoms with Crippen molar-refractivity contribution in [2.24, 2.45) is 0 Å². The lowest BCUT2D eigenvalue weighted by Gasteiger charge is -2.21. The molecule has 1 N–H and O–H groups in total. The quantitative estimate of drug-likeness (QED) is 0.728. The Labute approximate surface area is 117 Å². The Balaban J connectivity index is 2.65. The molecular weight excluding hydrogens is 236 g/mol. The molecule has 0 saturated carbocycles. The van der Waals surface area contributed by atoms with Crippen LogP contribution in [-0.4, -0.2) is 23.5 Å². The van der Waals surface area contributed by atoms with Gasteiger partial charge in [-0.1, -0.05) is 12.2 Å². The first-order chi connectivity index (χ1) is 8.96. The van der Waals surface area contributed by atoms with Crippen LogP contribution in [0, 0.1) is 0 Å². The average Bonchev–Trinajstić information content (AvgIpc) is 2.73. The predicted octanol–water partition coefficient (Wildman–Crippen LogP) is 3.34. The normalized spacial score (nSPS) is 11.8. The molecule has 1 rings (SSSR count). The maximum absolute atomic E-state index is 5.60. The Morgan fingerprint density at radius 2 is 1.89 bits per heavy atom. The molecule has 3 heteroatoms. The first kappa shape index (κ1) is 15.7. The average molecular weight is 262 g/mol. The van der Waals surface area contributed by atoms with Gasteiger partial charge in [-0.25, -0.2) is 0 Å². The third-order valence-electron chi connectivity index (χ3n) is 2.79. The number of hydrogen-bond acceptors (Lipinski definition) is 3. The van der Waals surface area contributed by atoms with Gasteiger partial charge >= 0.3 is 0 Å². The molecule has 0 aliphatic carbocycles. The third-order valence-corrected chi connectivity index (χ3v) is 2.79. The Kier molecular flexibility index (Phi) is 6.06. The summed E-state index contributed by atoms with van der Waals surface area (Å²) in [5, 5.41) is 3.48. The topological polar surface area (TPSA) is 28.4 Å². The van der Waals surface area contributed by atoms with Crippen LogP contribution in [0.3, 0.4) is 0 Å². The second-order valence-corrected chi connectivity index (χ2v) is 5.74. The van der Waals surface area contributed by atoms with Gasteiger partial charge in [-0.3, -0.25) is 4.90 Å². The highest BCUT2D eigenvalue weighted by molar-refractivity contribution is 5.17. The highest BCUT2D eigenvalue weighted by Gasteiger charge is 2.13. The molecule has 1 aromatic heterocycles. The van der Waals surface area contributed by atoms with Crippen LogP contribution in [0.25, 0.3) is 0 Å². The van der Waals surface area contributed by atoms with Crippen molar-refractivity contribution in [2.75, 3.05) is 13.1 Å². The van der Waals surface area contributed by atoms with Crippen molar-refractivity contribution in [2.45, 2.75) is 39.4 Å². The van der Waals surface area contributed by atoms with Gasteiger partial charge in [0.25, 0.3) is 0 Å². The molecule has 0 spiro atoms. The Hall–Kier alpha value is -1.32. The molecule has 0 amide bonds. The maximum Gasteiger partial charge on any atom is 0.122 e. The summed E-state index contributed by atoms with van der Waals surface area (Å²) < 4.78 is 5.60. The van der Waals surface area contributed by atoms with E-state index in [9.17, 15) is 0 Å². The number of nitrogens with zero attached hydrogens (tertiary/aromatic N) is 1. The SMILES string of the molecule is C=CCN(CC=C)Cc1occc1CNC(C)(C)C. The molecule has 19 heavy (non-hydrogen) atoms. The molecule has 0 fully saturated rings. The number of furan rings is 1. The Morgan fingerprint density at radius 1 is 1.26 bits per heavy atom. The summed E-state index contributed by atoms with van der Waals surface area (Å²) >= 11 is 0. The van der Waals surface area contributed by atoms with Gasteiger partial charge in [-0.05, 0) is 26.8 Å². The highest BCUT2D eigenvalue weighted by atomic mass is 16.3. The summed E-state index contributed by atoms with van der Waals surface area (Å²) in [4.78, 5) is 2.24. The molecule has 106 valence electrons. The first-order valence-corrected chi connectivity index (χ1v) is 6.70. The van der Waals surface area contributed by atoms with E-state index in [2.05, 4.69) is 44.1 Å². The van der Waals surface area contributed by atoms with E-state index in [4.69, 9.17) is 4.42 Å². The molecule has 0 aliphatic rings. The Bertz CT molecular complexity index is 391. The van der Waals surface area contributed by atoms with Crippen LogP contribution < -0.4 is 5.32 Å². The van der Waals surface area contributed by atoms with E-state index in [0.29, 0.717) is 0 Å². The smallest absolute Gasteiger partial charge is 0.122 e. The minimum atomic E-state index is 0.108. The minimum Gasteiger partial charge on any atom is -0.468 e. The summed E-state index contributed by atoms with van der Waals surface area (Å²) in [5.41, 5.74) is 1.32. The zero-order valence-electron chi connectivity index (χ0n) is 12.4. The maximum atomic E-state index is 5.60. The van der Waals surface area contributed by atoms with Crippen LogP contribution in [0.2, 0.25) is 0 Å². The Morgan fingerprint density at radius 3 is 2.42 bits per heavy atom. The first-order valence-electron chi connectivity index (χ1n) is 6.70. The van der Waals surface area contributed by atoms with Gasteiger partial charge in [0, 0.05) is 30.7 Å². The van der Waals surface area contributed by atoms with E-state index in [0.717, 1.165) is 31.9 Å². The summed E-state index contributed by atoms with van der Waals surface area (Å²) in [5.74, 6) is 1.01. The second kappa shape index (κ2) is 7.31. The van der Waals surface area contributed by atoms with E-state index in [-0.39, 0.29) is 5.54 Å². The van der Waals surface area contributed by atoms with Crippen molar-refractivity contribution in [3.63, 3.8) is 0 Å². The third kappa shape index (κ3) is 5.90. The monoisotopic (exact) mass is 262 g/mol. The van der Waals surface area contributed by atoms with Crippen molar-refractivity contribution in [1.82, 2.24) is 10.2 Å². The molecule has 0 aliphatic heterocycles. The van der Waals surface area contributed by atoms with Crippen LogP contribution in [-0.2, 0) is 13.1 Å². The molecule has 0 radical (unpaired) electrons. The van der Waals surface area contributed by atoms with Gasteiger partial charge < -0.3 is 9.73 Å². The lowest BCUT2D eigenvalue weighted by Crippen LogP contribution is -2.35. The van der Waals surface area contributed by atoms with E-state index in [1.807, 2.05) is 18.2 Å². The number of nitrogens with one attached hydrogen (secondary N) is 1. The van der Waals surface area contributed by atoms with E-state index in [1.54, 1.807) is 6.26 Å². The van der Waals surface area contributed by atoms with Crippen LogP contribution in [0.4, 0.5) is 0 Å². The molecule has 0 aromatic carbocycles. The molecule has 0 unspecified atom stereocenters. The molecule has 0 atom stereocenters.